The van der Waals surface area contributed by atoms with Crippen LogP contribution in [0.1, 0.15) is 18.4 Å². The summed E-state index contributed by atoms with van der Waals surface area (Å²) < 4.78 is 0. The number of hydrogen-bond acceptors (Lipinski definition) is 2. The average Bonchev–Trinajstić information content (AvgIpc) is 3.04. The number of nitrogens with one attached hydrogen (secondary N) is 1. The summed E-state index contributed by atoms with van der Waals surface area (Å²) in [5.74, 6) is 0.263. The number of likely N-dealkylation sites (tertiary alicyclic amines) is 1. The molecule has 0 aliphatic carbocycles. The van der Waals surface area contributed by atoms with Crippen LogP contribution < -0.4 is 5.32 Å². The summed E-state index contributed by atoms with van der Waals surface area (Å²) in [5, 5.41) is 4.57. The minimum absolute atomic E-state index is 0.141. The number of amides is 2. The second-order valence-corrected chi connectivity index (χ2v) is 8.24. The largest absolute Gasteiger partial charge is 0.324 e. The van der Waals surface area contributed by atoms with Gasteiger partial charge in [0.25, 0.3) is 0 Å². The number of halogens is 3. The van der Waals surface area contributed by atoms with Crippen LogP contribution in [0.3, 0.4) is 0 Å². The minimum atomic E-state index is -0.141. The fourth-order valence-electron chi connectivity index (χ4n) is 3.68. The number of carbonyl (C=O) groups is 1. The highest BCUT2D eigenvalue weighted by molar-refractivity contribution is 6.35. The first-order chi connectivity index (χ1) is 13.0. The van der Waals surface area contributed by atoms with Crippen molar-refractivity contribution in [3.8, 4) is 0 Å². The van der Waals surface area contributed by atoms with E-state index in [-0.39, 0.29) is 11.9 Å². The second kappa shape index (κ2) is 7.70. The van der Waals surface area contributed by atoms with Gasteiger partial charge in [0, 0.05) is 51.9 Å². The molecule has 2 aliphatic heterocycles. The molecular formula is C20H18Cl3N3O. The molecule has 4 nitrogen and oxygen atoms in total. The van der Waals surface area contributed by atoms with Crippen molar-refractivity contribution < 1.29 is 4.79 Å². The Hall–Kier alpha value is -1.75. The van der Waals surface area contributed by atoms with E-state index in [1.165, 1.54) is 5.56 Å². The van der Waals surface area contributed by atoms with Crippen molar-refractivity contribution in [2.75, 3.05) is 18.4 Å². The van der Waals surface area contributed by atoms with Gasteiger partial charge in [0.05, 0.1) is 5.69 Å². The third kappa shape index (κ3) is 4.23. The number of carbonyl (C=O) groups excluding carboxylic acids is 1. The van der Waals surface area contributed by atoms with Gasteiger partial charge in [-0.25, -0.2) is 4.79 Å². The Bertz CT molecular complexity index is 908. The number of rotatable bonds is 2. The van der Waals surface area contributed by atoms with Crippen molar-refractivity contribution in [1.29, 1.82) is 0 Å². The number of anilines is 1. The third-order valence-corrected chi connectivity index (χ3v) is 5.65. The molecule has 2 amide bonds. The van der Waals surface area contributed by atoms with Crippen LogP contribution in [-0.4, -0.2) is 29.7 Å². The lowest BCUT2D eigenvalue weighted by Gasteiger charge is -2.33. The first-order valence-electron chi connectivity index (χ1n) is 8.86. The Morgan fingerprint density at radius 1 is 1.07 bits per heavy atom. The summed E-state index contributed by atoms with van der Waals surface area (Å²) in [5.41, 5.74) is 3.88. The van der Waals surface area contributed by atoms with Crippen molar-refractivity contribution >= 4 is 57.9 Å². The molecule has 1 fully saturated rings. The summed E-state index contributed by atoms with van der Waals surface area (Å²) in [6.07, 6.45) is 2.81. The van der Waals surface area contributed by atoms with E-state index in [1.54, 1.807) is 18.2 Å². The molecule has 27 heavy (non-hydrogen) atoms. The van der Waals surface area contributed by atoms with Gasteiger partial charge in [0.15, 0.2) is 0 Å². The highest BCUT2D eigenvalue weighted by Gasteiger charge is 2.29. The maximum atomic E-state index is 12.7. The smallest absolute Gasteiger partial charge is 0.321 e. The molecule has 1 atom stereocenters. The van der Waals surface area contributed by atoms with Crippen molar-refractivity contribution in [2.45, 2.75) is 19.3 Å². The lowest BCUT2D eigenvalue weighted by Crippen LogP contribution is -2.44. The number of piperidine rings is 1. The quantitative estimate of drug-likeness (QED) is 0.613. The zero-order valence-corrected chi connectivity index (χ0v) is 16.8. The second-order valence-electron chi connectivity index (χ2n) is 6.93. The van der Waals surface area contributed by atoms with E-state index in [2.05, 4.69) is 5.32 Å². The van der Waals surface area contributed by atoms with Gasteiger partial charge in [-0.15, -0.1) is 0 Å². The zero-order valence-electron chi connectivity index (χ0n) is 14.5. The van der Waals surface area contributed by atoms with Crippen molar-refractivity contribution in [3.63, 3.8) is 0 Å². The Labute approximate surface area is 173 Å². The van der Waals surface area contributed by atoms with E-state index in [0.717, 1.165) is 37.2 Å². The topological polar surface area (TPSA) is 44.7 Å². The molecule has 4 rings (SSSR count). The summed E-state index contributed by atoms with van der Waals surface area (Å²) in [6.45, 7) is 1.38. The van der Waals surface area contributed by atoms with Crippen molar-refractivity contribution in [3.05, 3.63) is 57.0 Å². The van der Waals surface area contributed by atoms with Gasteiger partial charge >= 0.3 is 6.03 Å². The van der Waals surface area contributed by atoms with Crippen molar-refractivity contribution in [2.24, 2.45) is 10.9 Å². The van der Waals surface area contributed by atoms with E-state index < -0.39 is 0 Å². The molecule has 0 bridgehead atoms. The molecular weight excluding hydrogens is 405 g/mol. The van der Waals surface area contributed by atoms with Crippen LogP contribution in [0.25, 0.3) is 0 Å². The number of fused-ring (bicyclic) bond motifs is 1. The fourth-order valence-corrected chi connectivity index (χ4v) is 4.37. The van der Waals surface area contributed by atoms with E-state index in [9.17, 15) is 4.79 Å². The molecule has 140 valence electrons. The summed E-state index contributed by atoms with van der Waals surface area (Å²) in [4.78, 5) is 19.3. The van der Waals surface area contributed by atoms with Crippen molar-refractivity contribution in [1.82, 2.24) is 4.90 Å². The molecule has 2 heterocycles. The van der Waals surface area contributed by atoms with Gasteiger partial charge in [-0.3, -0.25) is 4.99 Å². The number of aliphatic imine (C=N–C) groups is 1. The predicted octanol–water partition coefficient (Wildman–Crippen LogP) is 6.22. The van der Waals surface area contributed by atoms with Crippen LogP contribution >= 0.6 is 34.8 Å². The summed E-state index contributed by atoms with van der Waals surface area (Å²) in [6, 6.07) is 10.7. The Morgan fingerprint density at radius 2 is 1.85 bits per heavy atom. The normalized spacial score (nSPS) is 18.9. The number of hydrogen-bond donors (Lipinski definition) is 1. The molecule has 0 spiro atoms. The molecule has 7 heteroatoms. The van der Waals surface area contributed by atoms with E-state index in [4.69, 9.17) is 39.8 Å². The number of benzene rings is 2. The van der Waals surface area contributed by atoms with Gasteiger partial charge in [0.2, 0.25) is 0 Å². The van der Waals surface area contributed by atoms with Crippen LogP contribution in [-0.2, 0) is 6.42 Å². The molecule has 2 aromatic carbocycles. The van der Waals surface area contributed by atoms with Crippen LogP contribution in [0.4, 0.5) is 16.2 Å². The Balaban J connectivity index is 1.44. The molecule has 0 aromatic heterocycles. The molecule has 2 aromatic rings. The molecule has 0 saturated carbocycles. The Morgan fingerprint density at radius 3 is 2.63 bits per heavy atom. The van der Waals surface area contributed by atoms with Crippen LogP contribution in [0.15, 0.2) is 41.4 Å². The SMILES string of the molecule is O=C(Nc1cc(Cl)cc(Cl)c1)N1CCCC(C2=Nc3cc(Cl)ccc3C2)C1. The lowest BCUT2D eigenvalue weighted by atomic mass is 9.91. The number of nitrogens with zero attached hydrogens (tertiary/aromatic N) is 2. The molecule has 0 radical (unpaired) electrons. The minimum Gasteiger partial charge on any atom is -0.324 e. The monoisotopic (exact) mass is 421 g/mol. The molecule has 1 saturated heterocycles. The van der Waals surface area contributed by atoms with Gasteiger partial charge in [-0.2, -0.15) is 0 Å². The van der Waals surface area contributed by atoms with Gasteiger partial charge in [-0.1, -0.05) is 40.9 Å². The first kappa shape index (κ1) is 18.6. The van der Waals surface area contributed by atoms with Crippen LogP contribution in [0.2, 0.25) is 15.1 Å². The first-order valence-corrected chi connectivity index (χ1v) is 9.99. The molecule has 1 unspecified atom stereocenters. The summed E-state index contributed by atoms with van der Waals surface area (Å²) in [7, 11) is 0. The zero-order chi connectivity index (χ0) is 19.0. The molecule has 2 aliphatic rings. The lowest BCUT2D eigenvalue weighted by molar-refractivity contribution is 0.191. The maximum Gasteiger partial charge on any atom is 0.321 e. The molecule has 1 N–H and O–H groups in total. The standard InChI is InChI=1S/C20H18Cl3N3O/c21-14-4-3-12-6-18(25-19(12)10-14)13-2-1-5-26(11-13)20(27)24-17-8-15(22)7-16(23)9-17/h3-4,7-10,13H,1-2,5-6,11H2,(H,24,27). The van der Waals surface area contributed by atoms with Crippen LogP contribution in [0, 0.1) is 5.92 Å². The van der Waals surface area contributed by atoms with Crippen LogP contribution in [0.5, 0.6) is 0 Å². The predicted molar refractivity (Wildman–Crippen MR) is 112 cm³/mol. The van der Waals surface area contributed by atoms with Gasteiger partial charge in [-0.05, 0) is 48.7 Å². The van der Waals surface area contributed by atoms with E-state index in [0.29, 0.717) is 27.3 Å². The summed E-state index contributed by atoms with van der Waals surface area (Å²) >= 11 is 18.1. The highest BCUT2D eigenvalue weighted by atomic mass is 35.5. The van der Waals surface area contributed by atoms with Gasteiger partial charge < -0.3 is 10.2 Å². The maximum absolute atomic E-state index is 12.7. The number of urea groups is 1. The fraction of sp³-hybridized carbons (Fsp3) is 0.300. The van der Waals surface area contributed by atoms with E-state index in [1.807, 2.05) is 23.1 Å². The Kier molecular flexibility index (Phi) is 5.31. The average molecular weight is 423 g/mol. The van der Waals surface area contributed by atoms with Gasteiger partial charge in [0.1, 0.15) is 0 Å². The van der Waals surface area contributed by atoms with E-state index >= 15 is 0 Å². The third-order valence-electron chi connectivity index (χ3n) is 4.98. The highest BCUT2D eigenvalue weighted by Crippen LogP contribution is 2.33.